The van der Waals surface area contributed by atoms with E-state index in [4.69, 9.17) is 10.00 Å². The molecule has 5 heteroatoms. The van der Waals surface area contributed by atoms with E-state index in [-0.39, 0.29) is 6.10 Å². The third-order valence-electron chi connectivity index (χ3n) is 2.38. The summed E-state index contributed by atoms with van der Waals surface area (Å²) in [5.74, 6) is 1.04. The summed E-state index contributed by atoms with van der Waals surface area (Å²) in [5, 5.41) is 9.02. The molecule has 0 aliphatic rings. The van der Waals surface area contributed by atoms with Crippen LogP contribution in [-0.4, -0.2) is 20.6 Å². The van der Waals surface area contributed by atoms with Gasteiger partial charge in [-0.2, -0.15) is 5.26 Å². The molecule has 0 bridgehead atoms. The molecule has 0 amide bonds. The van der Waals surface area contributed by atoms with E-state index >= 15 is 0 Å². The zero-order chi connectivity index (χ0) is 12.4. The van der Waals surface area contributed by atoms with Gasteiger partial charge in [0.2, 0.25) is 5.82 Å². The molecule has 0 N–H and O–H groups in total. The Bertz CT molecular complexity index is 580. The highest BCUT2D eigenvalue weighted by atomic mass is 16.5. The molecule has 2 aromatic heterocycles. The quantitative estimate of drug-likeness (QED) is 0.810. The first-order chi connectivity index (χ1) is 8.17. The molecule has 2 aromatic rings. The van der Waals surface area contributed by atoms with Gasteiger partial charge in [0.25, 0.3) is 0 Å². The Balaban J connectivity index is 2.66. The molecule has 2 heterocycles. The van der Waals surface area contributed by atoms with Crippen LogP contribution < -0.4 is 4.74 Å². The van der Waals surface area contributed by atoms with E-state index in [1.807, 2.05) is 20.8 Å². The highest BCUT2D eigenvalue weighted by Gasteiger charge is 2.14. The molecular formula is C12H14N4O. The number of pyridine rings is 1. The van der Waals surface area contributed by atoms with E-state index in [0.717, 1.165) is 0 Å². The third kappa shape index (κ3) is 1.94. The molecular weight excluding hydrogens is 216 g/mol. The second kappa shape index (κ2) is 4.42. The lowest BCUT2D eigenvalue weighted by Crippen LogP contribution is -2.06. The van der Waals surface area contributed by atoms with E-state index in [2.05, 4.69) is 16.0 Å². The smallest absolute Gasteiger partial charge is 0.215 e. The summed E-state index contributed by atoms with van der Waals surface area (Å²) in [4.78, 5) is 8.53. The largest absolute Gasteiger partial charge is 0.489 e. The van der Waals surface area contributed by atoms with Gasteiger partial charge in [-0.25, -0.2) is 9.97 Å². The van der Waals surface area contributed by atoms with Gasteiger partial charge in [0.05, 0.1) is 6.10 Å². The van der Waals surface area contributed by atoms with Gasteiger partial charge >= 0.3 is 0 Å². The number of nitrogens with zero attached hydrogens (tertiary/aromatic N) is 4. The van der Waals surface area contributed by atoms with Crippen LogP contribution in [0, 0.1) is 11.3 Å². The average molecular weight is 230 g/mol. The standard InChI is InChI=1S/C12H14N4O/c1-4-16-10(7-13)15-11-9(17-8(2)3)5-6-14-12(11)16/h5-6,8H,4H2,1-3H3. The maximum Gasteiger partial charge on any atom is 0.215 e. The second-order valence-electron chi connectivity index (χ2n) is 3.94. The van der Waals surface area contributed by atoms with Crippen LogP contribution in [0.2, 0.25) is 0 Å². The summed E-state index contributed by atoms with van der Waals surface area (Å²) in [5.41, 5.74) is 1.35. The maximum atomic E-state index is 9.02. The Kier molecular flexibility index (Phi) is 2.96. The van der Waals surface area contributed by atoms with Crippen LogP contribution in [0.25, 0.3) is 11.2 Å². The maximum absolute atomic E-state index is 9.02. The number of rotatable bonds is 3. The Morgan fingerprint density at radius 3 is 2.88 bits per heavy atom. The van der Waals surface area contributed by atoms with Crippen LogP contribution in [0.3, 0.4) is 0 Å². The lowest BCUT2D eigenvalue weighted by molar-refractivity contribution is 0.245. The first kappa shape index (κ1) is 11.4. The number of hydrogen-bond donors (Lipinski definition) is 0. The summed E-state index contributed by atoms with van der Waals surface area (Å²) >= 11 is 0. The van der Waals surface area contributed by atoms with Crippen LogP contribution in [0.5, 0.6) is 5.75 Å². The Morgan fingerprint density at radius 1 is 1.53 bits per heavy atom. The van der Waals surface area contributed by atoms with Crippen LogP contribution in [0.4, 0.5) is 0 Å². The molecule has 0 aromatic carbocycles. The van der Waals surface area contributed by atoms with E-state index in [0.29, 0.717) is 29.3 Å². The molecule has 0 spiro atoms. The molecule has 2 rings (SSSR count). The number of hydrogen-bond acceptors (Lipinski definition) is 4. The lowest BCUT2D eigenvalue weighted by Gasteiger charge is -2.09. The average Bonchev–Trinajstić information content (AvgIpc) is 2.67. The van der Waals surface area contributed by atoms with Crippen molar-refractivity contribution < 1.29 is 4.74 Å². The second-order valence-corrected chi connectivity index (χ2v) is 3.94. The summed E-state index contributed by atoms with van der Waals surface area (Å²) in [6.45, 7) is 6.53. The van der Waals surface area contributed by atoms with Crippen molar-refractivity contribution in [1.29, 1.82) is 5.26 Å². The minimum Gasteiger partial charge on any atom is -0.489 e. The van der Waals surface area contributed by atoms with Gasteiger partial charge < -0.3 is 9.30 Å². The molecule has 17 heavy (non-hydrogen) atoms. The van der Waals surface area contributed by atoms with Crippen molar-refractivity contribution in [2.75, 3.05) is 0 Å². The monoisotopic (exact) mass is 230 g/mol. The minimum atomic E-state index is 0.0675. The third-order valence-corrected chi connectivity index (χ3v) is 2.38. The highest BCUT2D eigenvalue weighted by molar-refractivity contribution is 5.79. The van der Waals surface area contributed by atoms with Crippen molar-refractivity contribution >= 4 is 11.2 Å². The highest BCUT2D eigenvalue weighted by Crippen LogP contribution is 2.24. The Morgan fingerprint density at radius 2 is 2.29 bits per heavy atom. The van der Waals surface area contributed by atoms with Gasteiger partial charge in [-0.1, -0.05) is 0 Å². The molecule has 0 saturated carbocycles. The van der Waals surface area contributed by atoms with Crippen molar-refractivity contribution in [3.8, 4) is 11.8 Å². The summed E-state index contributed by atoms with van der Waals surface area (Å²) in [6, 6.07) is 3.85. The van der Waals surface area contributed by atoms with E-state index < -0.39 is 0 Å². The molecule has 0 radical (unpaired) electrons. The fourth-order valence-corrected chi connectivity index (χ4v) is 1.73. The summed E-state index contributed by atoms with van der Waals surface area (Å²) < 4.78 is 7.44. The van der Waals surface area contributed by atoms with Crippen molar-refractivity contribution in [1.82, 2.24) is 14.5 Å². The molecule has 0 saturated heterocycles. The lowest BCUT2D eigenvalue weighted by atomic mass is 10.4. The van der Waals surface area contributed by atoms with Crippen molar-refractivity contribution in [2.45, 2.75) is 33.4 Å². The number of imidazole rings is 1. The van der Waals surface area contributed by atoms with E-state index in [1.54, 1.807) is 16.8 Å². The van der Waals surface area contributed by atoms with Crippen LogP contribution in [-0.2, 0) is 6.54 Å². The van der Waals surface area contributed by atoms with E-state index in [1.165, 1.54) is 0 Å². The minimum absolute atomic E-state index is 0.0675. The van der Waals surface area contributed by atoms with Gasteiger partial charge in [0.15, 0.2) is 16.9 Å². The van der Waals surface area contributed by atoms with Gasteiger partial charge in [-0.15, -0.1) is 0 Å². The normalized spacial score (nSPS) is 10.8. The number of nitriles is 1. The SMILES string of the molecule is CCn1c(C#N)nc2c(OC(C)C)ccnc21. The zero-order valence-electron chi connectivity index (χ0n) is 10.1. The molecule has 0 aliphatic heterocycles. The molecule has 0 unspecified atom stereocenters. The topological polar surface area (TPSA) is 63.7 Å². The first-order valence-electron chi connectivity index (χ1n) is 5.59. The Labute approximate surface area is 99.7 Å². The summed E-state index contributed by atoms with van der Waals surface area (Å²) in [6.07, 6.45) is 1.74. The van der Waals surface area contributed by atoms with Crippen LogP contribution in [0.1, 0.15) is 26.6 Å². The molecule has 88 valence electrons. The van der Waals surface area contributed by atoms with Crippen molar-refractivity contribution in [2.24, 2.45) is 0 Å². The van der Waals surface area contributed by atoms with Crippen molar-refractivity contribution in [3.63, 3.8) is 0 Å². The first-order valence-corrected chi connectivity index (χ1v) is 5.59. The Hall–Kier alpha value is -2.09. The predicted octanol–water partition coefficient (Wildman–Crippen LogP) is 2.11. The number of fused-ring (bicyclic) bond motifs is 1. The molecule has 5 nitrogen and oxygen atoms in total. The summed E-state index contributed by atoms with van der Waals surface area (Å²) in [7, 11) is 0. The zero-order valence-corrected chi connectivity index (χ0v) is 10.1. The van der Waals surface area contributed by atoms with Gasteiger partial charge in [-0.05, 0) is 20.8 Å². The van der Waals surface area contributed by atoms with Gasteiger partial charge in [0.1, 0.15) is 6.07 Å². The number of ether oxygens (including phenoxy) is 1. The van der Waals surface area contributed by atoms with Gasteiger partial charge in [-0.3, -0.25) is 0 Å². The molecule has 0 fully saturated rings. The molecule has 0 aliphatic carbocycles. The molecule has 0 atom stereocenters. The van der Waals surface area contributed by atoms with Crippen molar-refractivity contribution in [3.05, 3.63) is 18.1 Å². The van der Waals surface area contributed by atoms with Gasteiger partial charge in [0, 0.05) is 18.8 Å². The predicted molar refractivity (Wildman–Crippen MR) is 63.7 cm³/mol. The fourth-order valence-electron chi connectivity index (χ4n) is 1.73. The number of aryl methyl sites for hydroxylation is 1. The van der Waals surface area contributed by atoms with E-state index in [9.17, 15) is 0 Å². The van der Waals surface area contributed by atoms with Crippen LogP contribution >= 0.6 is 0 Å². The van der Waals surface area contributed by atoms with Crippen LogP contribution in [0.15, 0.2) is 12.3 Å². The fraction of sp³-hybridized carbons (Fsp3) is 0.417. The number of aromatic nitrogens is 3.